The van der Waals surface area contributed by atoms with Gasteiger partial charge in [-0.3, -0.25) is 24.3 Å². The maximum Gasteiger partial charge on any atom is 0.323 e. The second-order valence-corrected chi connectivity index (χ2v) is 15.0. The number of carboxylic acid groups (broad SMARTS) is 1. The molecule has 0 aliphatic carbocycles. The van der Waals surface area contributed by atoms with Crippen LogP contribution in [-0.2, 0) is 32.9 Å². The lowest BCUT2D eigenvalue weighted by atomic mass is 10.0. The molecule has 2 unspecified atom stereocenters. The number of phosphoric ester groups is 1. The molecule has 296 valence electrons. The third-order valence-electron chi connectivity index (χ3n) is 8.99. The fraction of sp³-hybridized carbons (Fsp3) is 0.921. The monoisotopic (exact) mass is 734 g/mol. The van der Waals surface area contributed by atoms with Gasteiger partial charge in [0.05, 0.1) is 6.61 Å². The number of hydrogen-bond acceptors (Lipinski definition) is 9. The summed E-state index contributed by atoms with van der Waals surface area (Å²) >= 11 is 0. The van der Waals surface area contributed by atoms with Crippen molar-refractivity contribution in [3.05, 3.63) is 0 Å². The van der Waals surface area contributed by atoms with Gasteiger partial charge in [-0.05, 0) is 12.8 Å². The first-order valence-corrected chi connectivity index (χ1v) is 21.6. The molecule has 50 heavy (non-hydrogen) atoms. The maximum absolute atomic E-state index is 12.6. The van der Waals surface area contributed by atoms with Crippen LogP contribution in [0.5, 0.6) is 0 Å². The predicted octanol–water partition coefficient (Wildman–Crippen LogP) is 8.92. The van der Waals surface area contributed by atoms with Crippen LogP contribution in [0.25, 0.3) is 0 Å². The summed E-state index contributed by atoms with van der Waals surface area (Å²) in [6.45, 7) is 3.13. The number of unbranched alkanes of at least 4 members (excludes halogenated alkanes) is 24. The lowest BCUT2D eigenvalue weighted by Gasteiger charge is -2.23. The second kappa shape index (κ2) is 34.6. The number of nitrogens with one attached hydrogen (secondary N) is 1. The molecule has 11 nitrogen and oxygen atoms in total. The van der Waals surface area contributed by atoms with Crippen molar-refractivity contribution < 1.29 is 47.8 Å². The molecule has 0 amide bonds. The molecule has 0 heterocycles. The fourth-order valence-electron chi connectivity index (χ4n) is 5.87. The molecule has 0 rings (SSSR count). The first kappa shape index (κ1) is 48.5. The Bertz CT molecular complexity index is 869. The highest BCUT2D eigenvalue weighted by Gasteiger charge is 2.24. The van der Waals surface area contributed by atoms with Gasteiger partial charge >= 0.3 is 17.9 Å². The minimum Gasteiger partial charge on any atom is -0.756 e. The fourth-order valence-corrected chi connectivity index (χ4v) is 6.21. The molecule has 0 aromatic heterocycles. The van der Waals surface area contributed by atoms with Gasteiger partial charge in [-0.25, -0.2) is 0 Å². The van der Waals surface area contributed by atoms with Gasteiger partial charge in [-0.15, -0.1) is 0 Å². The summed E-state index contributed by atoms with van der Waals surface area (Å²) in [5, 5.41) is 12.0. The zero-order valence-electron chi connectivity index (χ0n) is 31.7. The van der Waals surface area contributed by atoms with Gasteiger partial charge in [0, 0.05) is 19.4 Å². The predicted molar refractivity (Wildman–Crippen MR) is 197 cm³/mol. The molecule has 0 aliphatic rings. The smallest absolute Gasteiger partial charge is 0.323 e. The van der Waals surface area contributed by atoms with E-state index in [-0.39, 0.29) is 26.0 Å². The van der Waals surface area contributed by atoms with Crippen LogP contribution in [0.2, 0.25) is 0 Å². The highest BCUT2D eigenvalue weighted by atomic mass is 31.2. The molecular formula is C38H73NO10P-. The van der Waals surface area contributed by atoms with E-state index in [1.54, 1.807) is 0 Å². The summed E-state index contributed by atoms with van der Waals surface area (Å²) in [4.78, 5) is 56.3. The molecule has 3 N–H and O–H groups in total. The lowest BCUT2D eigenvalue weighted by molar-refractivity contribution is -0.220. The largest absolute Gasteiger partial charge is 0.756 e. The summed E-state index contributed by atoms with van der Waals surface area (Å²) < 4.78 is 26.1. The van der Waals surface area contributed by atoms with Gasteiger partial charge in [-0.1, -0.05) is 168 Å². The highest BCUT2D eigenvalue weighted by Crippen LogP contribution is 2.30. The standard InChI is InChI=1S/C38H74NO10P/c1-3-5-7-9-11-13-15-17-19-21-23-25-27-29-36(40)47-32-34(31-39-35(38(42)43)33-48-50(44,45)46)49-37(41)30-28-26-24-22-20-18-16-14-12-10-8-6-4-2/h34-35,39H,3-33H2,1-2H3,(H,42,43)(H2,44,45,46)/p-1/t34?,35-/m0/s1. The van der Waals surface area contributed by atoms with Gasteiger partial charge in [-0.2, -0.15) is 0 Å². The summed E-state index contributed by atoms with van der Waals surface area (Å²) in [5.74, 6) is -2.32. The van der Waals surface area contributed by atoms with Crippen molar-refractivity contribution >= 4 is 25.7 Å². The number of ether oxygens (including phenoxy) is 2. The molecule has 0 bridgehead atoms. The summed E-state index contributed by atoms with van der Waals surface area (Å²) in [6.07, 6.45) is 30.4. The first-order valence-electron chi connectivity index (χ1n) is 20.1. The molecule has 0 saturated carbocycles. The van der Waals surface area contributed by atoms with E-state index in [1.165, 1.54) is 116 Å². The van der Waals surface area contributed by atoms with E-state index in [0.717, 1.165) is 38.5 Å². The Morgan fingerprint density at radius 1 is 0.600 bits per heavy atom. The normalized spacial score (nSPS) is 13.8. The minimum atomic E-state index is -5.13. The quantitative estimate of drug-likeness (QED) is 0.0314. The highest BCUT2D eigenvalue weighted by molar-refractivity contribution is 7.44. The Kier molecular flexibility index (Phi) is 33.5. The van der Waals surface area contributed by atoms with E-state index in [9.17, 15) is 28.9 Å². The van der Waals surface area contributed by atoms with Crippen LogP contribution in [-0.4, -0.2) is 59.8 Å². The third-order valence-corrected chi connectivity index (χ3v) is 9.47. The summed E-state index contributed by atoms with van der Waals surface area (Å²) in [5.41, 5.74) is 0. The number of hydrogen-bond donors (Lipinski definition) is 3. The molecule has 0 radical (unpaired) electrons. The van der Waals surface area contributed by atoms with Crippen molar-refractivity contribution in [2.45, 2.75) is 206 Å². The number of rotatable bonds is 38. The maximum atomic E-state index is 12.6. The Morgan fingerprint density at radius 2 is 0.960 bits per heavy atom. The zero-order chi connectivity index (χ0) is 37.1. The number of carbonyl (C=O) groups is 3. The van der Waals surface area contributed by atoms with Crippen molar-refractivity contribution in [2.75, 3.05) is 19.8 Å². The molecule has 0 aromatic rings. The number of phosphoric acid groups is 1. The van der Waals surface area contributed by atoms with Gasteiger partial charge in [0.15, 0.2) is 0 Å². The third kappa shape index (κ3) is 34.9. The lowest BCUT2D eigenvalue weighted by Crippen LogP contribution is -2.46. The summed E-state index contributed by atoms with van der Waals surface area (Å²) in [7, 11) is -5.13. The molecule has 0 aliphatic heterocycles. The van der Waals surface area contributed by atoms with Crippen molar-refractivity contribution in [2.24, 2.45) is 0 Å². The van der Waals surface area contributed by atoms with Gasteiger partial charge in [0.2, 0.25) is 0 Å². The molecule has 12 heteroatoms. The van der Waals surface area contributed by atoms with Crippen LogP contribution in [0.3, 0.4) is 0 Å². The molecule has 0 fully saturated rings. The van der Waals surface area contributed by atoms with Crippen LogP contribution in [0.15, 0.2) is 0 Å². The van der Waals surface area contributed by atoms with E-state index in [4.69, 9.17) is 14.4 Å². The number of aliphatic carboxylic acids is 1. The van der Waals surface area contributed by atoms with Crippen molar-refractivity contribution in [1.29, 1.82) is 0 Å². The van der Waals surface area contributed by atoms with E-state index in [0.29, 0.717) is 12.8 Å². The van der Waals surface area contributed by atoms with Crippen molar-refractivity contribution in [3.8, 4) is 0 Å². The van der Waals surface area contributed by atoms with E-state index in [1.807, 2.05) is 0 Å². The molecular weight excluding hydrogens is 661 g/mol. The zero-order valence-corrected chi connectivity index (χ0v) is 32.6. The minimum absolute atomic E-state index is 0.191. The van der Waals surface area contributed by atoms with Crippen molar-refractivity contribution in [3.63, 3.8) is 0 Å². The van der Waals surface area contributed by atoms with Crippen molar-refractivity contribution in [1.82, 2.24) is 5.32 Å². The van der Waals surface area contributed by atoms with Crippen LogP contribution in [0.1, 0.15) is 194 Å². The summed E-state index contributed by atoms with van der Waals surface area (Å²) in [6, 6.07) is -1.51. The van der Waals surface area contributed by atoms with Gasteiger partial charge < -0.3 is 28.9 Å². The SMILES string of the molecule is CCCCCCCCCCCCCCCC(=O)OCC(CN[C@@H](COP(=O)([O-])O)C(=O)O)OC(=O)CCCCCCCCCCCCCCC. The van der Waals surface area contributed by atoms with Crippen LogP contribution < -0.4 is 10.2 Å². The van der Waals surface area contributed by atoms with Crippen LogP contribution in [0, 0.1) is 0 Å². The molecule has 0 saturated heterocycles. The topological polar surface area (TPSA) is 172 Å². The van der Waals surface area contributed by atoms with E-state index in [2.05, 4.69) is 23.7 Å². The van der Waals surface area contributed by atoms with Crippen LogP contribution >= 0.6 is 7.82 Å². The molecule has 3 atom stereocenters. The van der Waals surface area contributed by atoms with Crippen LogP contribution in [0.4, 0.5) is 0 Å². The Balaban J connectivity index is 4.42. The average molecular weight is 735 g/mol. The Hall–Kier alpha value is -1.52. The molecule has 0 spiro atoms. The number of carboxylic acids is 1. The number of esters is 2. The first-order chi connectivity index (χ1) is 24.1. The average Bonchev–Trinajstić information content (AvgIpc) is 3.07. The van der Waals surface area contributed by atoms with E-state index >= 15 is 0 Å². The van der Waals surface area contributed by atoms with E-state index < -0.39 is 44.5 Å². The molecule has 0 aromatic carbocycles. The Labute approximate surface area is 304 Å². The Morgan fingerprint density at radius 3 is 1.32 bits per heavy atom. The van der Waals surface area contributed by atoms with Gasteiger partial charge in [0.25, 0.3) is 7.82 Å². The number of carbonyl (C=O) groups excluding carboxylic acids is 2. The van der Waals surface area contributed by atoms with Gasteiger partial charge in [0.1, 0.15) is 18.8 Å². The second-order valence-electron chi connectivity index (χ2n) is 13.8.